The molecule has 1 aliphatic rings. The number of nitrogens with one attached hydrogen (secondary N) is 2. The van der Waals surface area contributed by atoms with Crippen molar-refractivity contribution in [1.82, 2.24) is 5.32 Å². The minimum atomic E-state index is 0.144. The van der Waals surface area contributed by atoms with E-state index >= 15 is 0 Å². The van der Waals surface area contributed by atoms with Crippen molar-refractivity contribution < 1.29 is 4.79 Å². The van der Waals surface area contributed by atoms with Gasteiger partial charge < -0.3 is 10.6 Å². The lowest BCUT2D eigenvalue weighted by atomic mass is 10.1. The van der Waals surface area contributed by atoms with Crippen LogP contribution < -0.4 is 10.6 Å². The molecule has 0 spiro atoms. The van der Waals surface area contributed by atoms with E-state index in [0.29, 0.717) is 18.4 Å². The minimum absolute atomic E-state index is 0.144. The highest BCUT2D eigenvalue weighted by Crippen LogP contribution is 2.32. The first-order valence-corrected chi connectivity index (χ1v) is 6.82. The van der Waals surface area contributed by atoms with Crippen LogP contribution in [0.2, 0.25) is 0 Å². The smallest absolute Gasteiger partial charge is 0.224 e. The molecule has 1 atom stereocenters. The number of benzene rings is 1. The topological polar surface area (TPSA) is 41.1 Å². The molecule has 1 aromatic carbocycles. The number of carbonyl (C=O) groups excluding carboxylic acids is 1. The Morgan fingerprint density at radius 2 is 2.22 bits per heavy atom. The average molecular weight is 246 g/mol. The van der Waals surface area contributed by atoms with Gasteiger partial charge in [0.1, 0.15) is 0 Å². The van der Waals surface area contributed by atoms with Crippen molar-refractivity contribution in [2.75, 3.05) is 11.9 Å². The maximum atomic E-state index is 11.7. The predicted octanol–water partition coefficient (Wildman–Crippen LogP) is 3.10. The van der Waals surface area contributed by atoms with Gasteiger partial charge in [0.15, 0.2) is 0 Å². The summed E-state index contributed by atoms with van der Waals surface area (Å²) in [6.07, 6.45) is 3.10. The Labute approximate surface area is 109 Å². The molecule has 1 fully saturated rings. The summed E-state index contributed by atoms with van der Waals surface area (Å²) in [7, 11) is 0. The Kier molecular flexibility index (Phi) is 4.37. The van der Waals surface area contributed by atoms with Gasteiger partial charge in [0.25, 0.3) is 0 Å². The van der Waals surface area contributed by atoms with Crippen molar-refractivity contribution in [2.24, 2.45) is 5.92 Å². The quantitative estimate of drug-likeness (QED) is 0.810. The van der Waals surface area contributed by atoms with Crippen LogP contribution in [0.3, 0.4) is 0 Å². The van der Waals surface area contributed by atoms with Gasteiger partial charge in [-0.2, -0.15) is 0 Å². The van der Waals surface area contributed by atoms with Crippen molar-refractivity contribution in [3.8, 4) is 0 Å². The summed E-state index contributed by atoms with van der Waals surface area (Å²) >= 11 is 0. The minimum Gasteiger partial charge on any atom is -0.326 e. The van der Waals surface area contributed by atoms with Crippen LogP contribution in [0.15, 0.2) is 24.3 Å². The molecule has 0 radical (unpaired) electrons. The molecule has 0 aliphatic heterocycles. The lowest BCUT2D eigenvalue weighted by molar-refractivity contribution is -0.116. The van der Waals surface area contributed by atoms with Crippen LogP contribution in [-0.2, 0) is 4.79 Å². The van der Waals surface area contributed by atoms with Gasteiger partial charge in [-0.05, 0) is 49.9 Å². The second kappa shape index (κ2) is 6.01. The van der Waals surface area contributed by atoms with Crippen LogP contribution in [0, 0.1) is 5.92 Å². The number of anilines is 1. The van der Waals surface area contributed by atoms with E-state index < -0.39 is 0 Å². The first kappa shape index (κ1) is 13.1. The van der Waals surface area contributed by atoms with Crippen LogP contribution in [0.5, 0.6) is 0 Å². The zero-order valence-electron chi connectivity index (χ0n) is 11.2. The third kappa shape index (κ3) is 3.84. The fourth-order valence-electron chi connectivity index (χ4n) is 2.11. The molecule has 0 aromatic heterocycles. The van der Waals surface area contributed by atoms with E-state index in [0.717, 1.165) is 12.2 Å². The normalized spacial score (nSPS) is 16.3. The zero-order valence-corrected chi connectivity index (χ0v) is 11.2. The monoisotopic (exact) mass is 246 g/mol. The Balaban J connectivity index is 1.95. The molecule has 1 amide bonds. The highest BCUT2D eigenvalue weighted by Gasteiger charge is 2.24. The third-order valence-corrected chi connectivity index (χ3v) is 3.35. The van der Waals surface area contributed by atoms with Crippen molar-refractivity contribution in [1.29, 1.82) is 0 Å². The van der Waals surface area contributed by atoms with Gasteiger partial charge in [-0.15, -0.1) is 0 Å². The fraction of sp³-hybridized carbons (Fsp3) is 0.533. The number of rotatable bonds is 6. The summed E-state index contributed by atoms with van der Waals surface area (Å²) in [4.78, 5) is 11.7. The molecule has 3 nitrogen and oxygen atoms in total. The molecule has 0 bridgehead atoms. The van der Waals surface area contributed by atoms with Crippen molar-refractivity contribution in [2.45, 2.75) is 39.2 Å². The van der Waals surface area contributed by atoms with E-state index in [1.54, 1.807) is 0 Å². The Hall–Kier alpha value is -1.35. The van der Waals surface area contributed by atoms with E-state index in [2.05, 4.69) is 36.6 Å². The second-order valence-electron chi connectivity index (χ2n) is 5.10. The maximum absolute atomic E-state index is 11.7. The number of hydrogen-bond donors (Lipinski definition) is 2. The largest absolute Gasteiger partial charge is 0.326 e. The first-order chi connectivity index (χ1) is 8.69. The Bertz CT molecular complexity index is 413. The molecule has 3 heteroatoms. The van der Waals surface area contributed by atoms with Crippen LogP contribution in [0.1, 0.15) is 44.7 Å². The Morgan fingerprint density at radius 3 is 2.89 bits per heavy atom. The number of amides is 1. The SMILES string of the molecule is CCNC(C)c1cccc(NC(=O)CC2CC2)c1. The lowest BCUT2D eigenvalue weighted by Gasteiger charge is -2.14. The lowest BCUT2D eigenvalue weighted by Crippen LogP contribution is -2.18. The average Bonchev–Trinajstić information content (AvgIpc) is 3.13. The molecule has 1 aliphatic carbocycles. The summed E-state index contributed by atoms with van der Waals surface area (Å²) < 4.78 is 0. The van der Waals surface area contributed by atoms with E-state index in [9.17, 15) is 4.79 Å². The van der Waals surface area contributed by atoms with E-state index in [1.165, 1.54) is 18.4 Å². The number of carbonyl (C=O) groups is 1. The van der Waals surface area contributed by atoms with Gasteiger partial charge in [0, 0.05) is 18.2 Å². The molecule has 1 saturated carbocycles. The van der Waals surface area contributed by atoms with Crippen molar-refractivity contribution in [3.05, 3.63) is 29.8 Å². The Morgan fingerprint density at radius 1 is 1.44 bits per heavy atom. The van der Waals surface area contributed by atoms with Crippen LogP contribution in [-0.4, -0.2) is 12.5 Å². The highest BCUT2D eigenvalue weighted by atomic mass is 16.1. The van der Waals surface area contributed by atoms with Gasteiger partial charge in [-0.1, -0.05) is 19.1 Å². The molecule has 2 N–H and O–H groups in total. The standard InChI is InChI=1S/C15H22N2O/c1-3-16-11(2)13-5-4-6-14(10-13)17-15(18)9-12-7-8-12/h4-6,10-12,16H,3,7-9H2,1-2H3,(H,17,18). The number of hydrogen-bond acceptors (Lipinski definition) is 2. The van der Waals surface area contributed by atoms with E-state index in [-0.39, 0.29) is 5.91 Å². The van der Waals surface area contributed by atoms with Crippen molar-refractivity contribution >= 4 is 11.6 Å². The van der Waals surface area contributed by atoms with Crippen LogP contribution in [0.25, 0.3) is 0 Å². The third-order valence-electron chi connectivity index (χ3n) is 3.35. The molecule has 1 unspecified atom stereocenters. The summed E-state index contributed by atoms with van der Waals surface area (Å²) in [6.45, 7) is 5.17. The molecule has 18 heavy (non-hydrogen) atoms. The molecule has 2 rings (SSSR count). The molecular weight excluding hydrogens is 224 g/mol. The highest BCUT2D eigenvalue weighted by molar-refractivity contribution is 5.91. The summed E-state index contributed by atoms with van der Waals surface area (Å²) in [5.41, 5.74) is 2.11. The van der Waals surface area contributed by atoms with Crippen LogP contribution in [0.4, 0.5) is 5.69 Å². The maximum Gasteiger partial charge on any atom is 0.224 e. The van der Waals surface area contributed by atoms with Gasteiger partial charge in [0.2, 0.25) is 5.91 Å². The first-order valence-electron chi connectivity index (χ1n) is 6.82. The second-order valence-corrected chi connectivity index (χ2v) is 5.10. The zero-order chi connectivity index (χ0) is 13.0. The van der Waals surface area contributed by atoms with Gasteiger partial charge in [-0.25, -0.2) is 0 Å². The van der Waals surface area contributed by atoms with Gasteiger partial charge >= 0.3 is 0 Å². The summed E-state index contributed by atoms with van der Waals surface area (Å²) in [5, 5.41) is 6.36. The van der Waals surface area contributed by atoms with Gasteiger partial charge in [0.05, 0.1) is 0 Å². The predicted molar refractivity (Wildman–Crippen MR) is 74.5 cm³/mol. The summed E-state index contributed by atoms with van der Waals surface area (Å²) in [5.74, 6) is 0.777. The molecule has 0 heterocycles. The van der Waals surface area contributed by atoms with Crippen molar-refractivity contribution in [3.63, 3.8) is 0 Å². The summed E-state index contributed by atoms with van der Waals surface area (Å²) in [6, 6.07) is 8.40. The molecule has 98 valence electrons. The van der Waals surface area contributed by atoms with Gasteiger partial charge in [-0.3, -0.25) is 4.79 Å². The molecular formula is C15H22N2O. The van der Waals surface area contributed by atoms with E-state index in [1.807, 2.05) is 12.1 Å². The molecule has 1 aromatic rings. The van der Waals surface area contributed by atoms with E-state index in [4.69, 9.17) is 0 Å². The molecule has 0 saturated heterocycles. The van der Waals surface area contributed by atoms with Crippen LogP contribution >= 0.6 is 0 Å². The fourth-order valence-corrected chi connectivity index (χ4v) is 2.11.